The van der Waals surface area contributed by atoms with E-state index in [9.17, 15) is 9.59 Å². The fourth-order valence-electron chi connectivity index (χ4n) is 3.79. The third kappa shape index (κ3) is 7.38. The van der Waals surface area contributed by atoms with Gasteiger partial charge in [-0.1, -0.05) is 30.3 Å². The topological polar surface area (TPSA) is 71.6 Å². The molecule has 0 spiro atoms. The summed E-state index contributed by atoms with van der Waals surface area (Å²) < 4.78 is 16.8. The van der Waals surface area contributed by atoms with Crippen molar-refractivity contribution in [1.29, 1.82) is 0 Å². The molecule has 3 rings (SSSR count). The summed E-state index contributed by atoms with van der Waals surface area (Å²) in [5.41, 5.74) is 0.514. The fraction of sp³-hybridized carbons (Fsp3) is 0.667. The normalized spacial score (nSPS) is 21.6. The van der Waals surface area contributed by atoms with E-state index in [1.807, 2.05) is 51.1 Å². The first-order valence-electron chi connectivity index (χ1n) is 11.5. The van der Waals surface area contributed by atoms with Gasteiger partial charge in [0.1, 0.15) is 12.2 Å². The number of carbonyl (C=O) groups is 2. The molecular weight excluding hydrogens is 410 g/mol. The van der Waals surface area contributed by atoms with Crippen molar-refractivity contribution >= 4 is 12.2 Å². The smallest absolute Gasteiger partial charge is 0.410 e. The molecule has 8 nitrogen and oxygen atoms in total. The standard InChI is InChI=1S/C24H37N3O5/c1-24(2,3)32-22(28)25(4)20-16-21(17-20)30-15-14-26-10-12-27(13-11-26)23(29)31-18-19-8-6-5-7-9-19/h5-9,20-21H,10-18H2,1-4H3/t20-,21-. The van der Waals surface area contributed by atoms with Gasteiger partial charge in [-0.25, -0.2) is 9.59 Å². The molecule has 32 heavy (non-hydrogen) atoms. The highest BCUT2D eigenvalue weighted by molar-refractivity contribution is 5.68. The van der Waals surface area contributed by atoms with Crippen molar-refractivity contribution in [3.8, 4) is 0 Å². The van der Waals surface area contributed by atoms with Gasteiger partial charge in [0.2, 0.25) is 0 Å². The number of rotatable bonds is 7. The number of hydrogen-bond donors (Lipinski definition) is 0. The Kier molecular flexibility index (Phi) is 8.37. The van der Waals surface area contributed by atoms with E-state index in [1.165, 1.54) is 0 Å². The number of piperazine rings is 1. The zero-order valence-corrected chi connectivity index (χ0v) is 19.8. The lowest BCUT2D eigenvalue weighted by Crippen LogP contribution is -2.51. The molecule has 1 saturated heterocycles. The van der Waals surface area contributed by atoms with Gasteiger partial charge in [0.05, 0.1) is 12.7 Å². The molecule has 0 bridgehead atoms. The van der Waals surface area contributed by atoms with Gasteiger partial charge in [0, 0.05) is 45.8 Å². The largest absolute Gasteiger partial charge is 0.445 e. The van der Waals surface area contributed by atoms with Crippen LogP contribution in [0.25, 0.3) is 0 Å². The molecule has 1 aliphatic heterocycles. The molecule has 0 radical (unpaired) electrons. The third-order valence-corrected chi connectivity index (χ3v) is 5.90. The summed E-state index contributed by atoms with van der Waals surface area (Å²) in [6, 6.07) is 9.90. The second-order valence-electron chi connectivity index (χ2n) is 9.58. The Bertz CT molecular complexity index is 738. The van der Waals surface area contributed by atoms with Crippen LogP contribution >= 0.6 is 0 Å². The first-order chi connectivity index (χ1) is 15.2. The minimum absolute atomic E-state index is 0.181. The monoisotopic (exact) mass is 447 g/mol. The zero-order valence-electron chi connectivity index (χ0n) is 19.8. The van der Waals surface area contributed by atoms with Gasteiger partial charge in [0.15, 0.2) is 0 Å². The predicted molar refractivity (Wildman–Crippen MR) is 121 cm³/mol. The summed E-state index contributed by atoms with van der Waals surface area (Å²) in [7, 11) is 1.79. The molecule has 0 atom stereocenters. The summed E-state index contributed by atoms with van der Waals surface area (Å²) in [6.45, 7) is 10.4. The summed E-state index contributed by atoms with van der Waals surface area (Å²) in [4.78, 5) is 30.1. The lowest BCUT2D eigenvalue weighted by molar-refractivity contribution is -0.0566. The van der Waals surface area contributed by atoms with Crippen LogP contribution in [-0.2, 0) is 20.8 Å². The minimum atomic E-state index is -0.479. The van der Waals surface area contributed by atoms with E-state index >= 15 is 0 Å². The summed E-state index contributed by atoms with van der Waals surface area (Å²) in [5, 5.41) is 0. The molecule has 1 aromatic carbocycles. The Morgan fingerprint density at radius 2 is 1.72 bits per heavy atom. The zero-order chi connectivity index (χ0) is 23.1. The Morgan fingerprint density at radius 1 is 1.06 bits per heavy atom. The molecule has 8 heteroatoms. The molecule has 1 saturated carbocycles. The highest BCUT2D eigenvalue weighted by atomic mass is 16.6. The highest BCUT2D eigenvalue weighted by Gasteiger charge is 2.36. The number of ether oxygens (including phenoxy) is 3. The SMILES string of the molecule is CN(C(=O)OC(C)(C)C)[C@H]1C[C@H](OCCN2CCN(C(=O)OCc3ccccc3)CC2)C1. The summed E-state index contributed by atoms with van der Waals surface area (Å²) in [5.74, 6) is 0. The predicted octanol–water partition coefficient (Wildman–Crippen LogP) is 3.36. The molecule has 178 valence electrons. The molecule has 1 aliphatic carbocycles. The van der Waals surface area contributed by atoms with Crippen LogP contribution < -0.4 is 0 Å². The maximum atomic E-state index is 12.3. The van der Waals surface area contributed by atoms with Crippen molar-refractivity contribution in [3.63, 3.8) is 0 Å². The fourth-order valence-corrected chi connectivity index (χ4v) is 3.79. The minimum Gasteiger partial charge on any atom is -0.445 e. The van der Waals surface area contributed by atoms with Crippen molar-refractivity contribution in [3.05, 3.63) is 35.9 Å². The van der Waals surface area contributed by atoms with Crippen molar-refractivity contribution in [2.24, 2.45) is 0 Å². The molecule has 0 N–H and O–H groups in total. The van der Waals surface area contributed by atoms with Crippen LogP contribution in [0.4, 0.5) is 9.59 Å². The van der Waals surface area contributed by atoms with E-state index < -0.39 is 5.60 Å². The summed E-state index contributed by atoms with van der Waals surface area (Å²) >= 11 is 0. The average molecular weight is 448 g/mol. The van der Waals surface area contributed by atoms with Gasteiger partial charge in [-0.3, -0.25) is 4.90 Å². The van der Waals surface area contributed by atoms with E-state index in [0.29, 0.717) is 26.3 Å². The van der Waals surface area contributed by atoms with Crippen LogP contribution in [0.3, 0.4) is 0 Å². The maximum absolute atomic E-state index is 12.3. The number of carbonyl (C=O) groups excluding carboxylic acids is 2. The van der Waals surface area contributed by atoms with Gasteiger partial charge in [-0.05, 0) is 39.2 Å². The first-order valence-corrected chi connectivity index (χ1v) is 11.5. The number of nitrogens with zero attached hydrogens (tertiary/aromatic N) is 3. The first kappa shape index (κ1) is 24.3. The van der Waals surface area contributed by atoms with Crippen LogP contribution in [0.1, 0.15) is 39.2 Å². The van der Waals surface area contributed by atoms with Crippen LogP contribution in [-0.4, -0.2) is 91.0 Å². The Hall–Kier alpha value is -2.32. The highest BCUT2D eigenvalue weighted by Crippen LogP contribution is 2.28. The van der Waals surface area contributed by atoms with Gasteiger partial charge < -0.3 is 24.0 Å². The Balaban J connectivity index is 1.25. The molecule has 2 aliphatic rings. The number of hydrogen-bond acceptors (Lipinski definition) is 6. The van der Waals surface area contributed by atoms with Gasteiger partial charge in [0.25, 0.3) is 0 Å². The molecule has 0 aromatic heterocycles. The van der Waals surface area contributed by atoms with Crippen LogP contribution in [0, 0.1) is 0 Å². The number of amides is 2. The second-order valence-corrected chi connectivity index (χ2v) is 9.58. The van der Waals surface area contributed by atoms with E-state index in [4.69, 9.17) is 14.2 Å². The van der Waals surface area contributed by atoms with Crippen LogP contribution in [0.5, 0.6) is 0 Å². The molecule has 1 aromatic rings. The van der Waals surface area contributed by atoms with Crippen LogP contribution in [0.15, 0.2) is 30.3 Å². The quantitative estimate of drug-likeness (QED) is 0.638. The second kappa shape index (κ2) is 11.0. The van der Waals surface area contributed by atoms with Crippen LogP contribution in [0.2, 0.25) is 0 Å². The molecular formula is C24H37N3O5. The van der Waals surface area contributed by atoms with Crippen molar-refractivity contribution in [2.75, 3.05) is 46.4 Å². The molecule has 2 fully saturated rings. The van der Waals surface area contributed by atoms with E-state index in [1.54, 1.807) is 16.8 Å². The Morgan fingerprint density at radius 3 is 2.34 bits per heavy atom. The molecule has 2 amide bonds. The lowest BCUT2D eigenvalue weighted by atomic mass is 9.88. The van der Waals surface area contributed by atoms with Gasteiger partial charge in [-0.15, -0.1) is 0 Å². The Labute approximate surface area is 191 Å². The lowest BCUT2D eigenvalue weighted by Gasteiger charge is -2.41. The average Bonchev–Trinajstić information content (AvgIpc) is 2.73. The van der Waals surface area contributed by atoms with E-state index in [-0.39, 0.29) is 24.3 Å². The summed E-state index contributed by atoms with van der Waals surface area (Å²) in [6.07, 6.45) is 1.35. The van der Waals surface area contributed by atoms with Crippen molar-refractivity contribution in [1.82, 2.24) is 14.7 Å². The molecule has 1 heterocycles. The van der Waals surface area contributed by atoms with Gasteiger partial charge in [-0.2, -0.15) is 0 Å². The van der Waals surface area contributed by atoms with Crippen molar-refractivity contribution < 1.29 is 23.8 Å². The van der Waals surface area contributed by atoms with E-state index in [2.05, 4.69) is 4.90 Å². The maximum Gasteiger partial charge on any atom is 0.410 e. The van der Waals surface area contributed by atoms with Crippen molar-refractivity contribution in [2.45, 2.75) is 58.0 Å². The van der Waals surface area contributed by atoms with E-state index in [0.717, 1.165) is 38.0 Å². The van der Waals surface area contributed by atoms with Gasteiger partial charge >= 0.3 is 12.2 Å². The third-order valence-electron chi connectivity index (χ3n) is 5.90. The molecule has 0 unspecified atom stereocenters. The number of benzene rings is 1.